The molecule has 1 aliphatic heterocycles. The molecule has 0 aromatic heterocycles. The Balaban J connectivity index is 2.03. The van der Waals surface area contributed by atoms with Crippen molar-refractivity contribution in [2.24, 2.45) is 0 Å². The van der Waals surface area contributed by atoms with Gasteiger partial charge in [-0.2, -0.15) is 0 Å². The number of rotatable bonds is 5. The minimum Gasteiger partial charge on any atom is -0.394 e. The second-order valence-corrected chi connectivity index (χ2v) is 5.44. The summed E-state index contributed by atoms with van der Waals surface area (Å²) < 4.78 is 0. The Bertz CT molecular complexity index is 287. The molecule has 17 heavy (non-hydrogen) atoms. The van der Waals surface area contributed by atoms with E-state index in [4.69, 9.17) is 0 Å². The van der Waals surface area contributed by atoms with Gasteiger partial charge in [-0.3, -0.25) is 4.79 Å². The van der Waals surface area contributed by atoms with Gasteiger partial charge in [0.25, 0.3) is 0 Å². The molecule has 2 fully saturated rings. The van der Waals surface area contributed by atoms with Crippen LogP contribution in [0.4, 0.5) is 0 Å². The molecule has 0 bridgehead atoms. The quantitative estimate of drug-likeness (QED) is 0.606. The number of carbonyl (C=O) groups excluding carboxylic acids is 1. The summed E-state index contributed by atoms with van der Waals surface area (Å²) in [5.41, 5.74) is -0.832. The van der Waals surface area contributed by atoms with Crippen LogP contribution in [0.3, 0.4) is 0 Å². The van der Waals surface area contributed by atoms with Crippen LogP contribution in [0, 0.1) is 0 Å². The van der Waals surface area contributed by atoms with Crippen LogP contribution in [0.1, 0.15) is 32.6 Å². The van der Waals surface area contributed by atoms with Gasteiger partial charge >= 0.3 is 0 Å². The van der Waals surface area contributed by atoms with Crippen molar-refractivity contribution in [1.82, 2.24) is 10.2 Å². The topological polar surface area (TPSA) is 72.8 Å². The molecule has 1 heterocycles. The fraction of sp³-hybridized carbons (Fsp3) is 0.917. The van der Waals surface area contributed by atoms with Crippen molar-refractivity contribution in [1.29, 1.82) is 0 Å². The smallest absolute Gasteiger partial charge is 0.240 e. The highest BCUT2D eigenvalue weighted by Gasteiger charge is 2.41. The maximum absolute atomic E-state index is 12.3. The molecular weight excluding hydrogens is 220 g/mol. The lowest BCUT2D eigenvalue weighted by molar-refractivity contribution is -0.146. The van der Waals surface area contributed by atoms with Crippen LogP contribution in [0.5, 0.6) is 0 Å². The summed E-state index contributed by atoms with van der Waals surface area (Å²) in [6.07, 6.45) is 4.09. The molecule has 5 nitrogen and oxygen atoms in total. The molecular formula is C12H22N2O3. The van der Waals surface area contributed by atoms with Crippen molar-refractivity contribution >= 4 is 5.91 Å². The van der Waals surface area contributed by atoms with E-state index < -0.39 is 5.54 Å². The largest absolute Gasteiger partial charge is 0.394 e. The third-order valence-corrected chi connectivity index (χ3v) is 3.79. The van der Waals surface area contributed by atoms with Crippen molar-refractivity contribution < 1.29 is 15.0 Å². The monoisotopic (exact) mass is 242 g/mol. The molecule has 0 aromatic rings. The number of likely N-dealkylation sites (tertiary alicyclic amines) is 1. The first-order valence-corrected chi connectivity index (χ1v) is 6.40. The van der Waals surface area contributed by atoms with Gasteiger partial charge < -0.3 is 20.4 Å². The Labute approximate surface area is 102 Å². The van der Waals surface area contributed by atoms with Crippen molar-refractivity contribution in [2.45, 2.75) is 50.2 Å². The Morgan fingerprint density at radius 2 is 2.00 bits per heavy atom. The summed E-state index contributed by atoms with van der Waals surface area (Å²) >= 11 is 0. The zero-order valence-electron chi connectivity index (χ0n) is 10.4. The average molecular weight is 242 g/mol. The zero-order valence-corrected chi connectivity index (χ0v) is 10.4. The first-order chi connectivity index (χ1) is 8.10. The van der Waals surface area contributed by atoms with Crippen LogP contribution >= 0.6 is 0 Å². The number of carbonyl (C=O) groups is 1. The predicted molar refractivity (Wildman–Crippen MR) is 63.5 cm³/mol. The number of aliphatic hydroxyl groups is 2. The number of piperidine rings is 1. The molecule has 2 rings (SSSR count). The van der Waals surface area contributed by atoms with Crippen LogP contribution < -0.4 is 5.32 Å². The van der Waals surface area contributed by atoms with Gasteiger partial charge in [0.05, 0.1) is 24.8 Å². The minimum absolute atomic E-state index is 0.0220. The average Bonchev–Trinajstić information content (AvgIpc) is 3.15. The van der Waals surface area contributed by atoms with E-state index in [2.05, 4.69) is 5.32 Å². The van der Waals surface area contributed by atoms with E-state index in [9.17, 15) is 15.0 Å². The van der Waals surface area contributed by atoms with E-state index >= 15 is 0 Å². The second kappa shape index (κ2) is 4.92. The van der Waals surface area contributed by atoms with Gasteiger partial charge in [-0.05, 0) is 32.6 Å². The first kappa shape index (κ1) is 12.8. The van der Waals surface area contributed by atoms with Gasteiger partial charge in [0, 0.05) is 12.6 Å². The van der Waals surface area contributed by atoms with Gasteiger partial charge in [0.15, 0.2) is 0 Å². The minimum atomic E-state index is -0.832. The van der Waals surface area contributed by atoms with E-state index in [0.29, 0.717) is 12.6 Å². The predicted octanol–water partition coefficient (Wildman–Crippen LogP) is -0.527. The third-order valence-electron chi connectivity index (χ3n) is 3.79. The number of hydrogen-bond donors (Lipinski definition) is 3. The van der Waals surface area contributed by atoms with Crippen LogP contribution in [-0.4, -0.2) is 58.4 Å². The Hall–Kier alpha value is -0.650. The first-order valence-electron chi connectivity index (χ1n) is 6.40. The van der Waals surface area contributed by atoms with E-state index in [1.165, 1.54) is 0 Å². The lowest BCUT2D eigenvalue weighted by Gasteiger charge is -2.43. The Morgan fingerprint density at radius 3 is 2.53 bits per heavy atom. The molecule has 1 atom stereocenters. The van der Waals surface area contributed by atoms with Crippen LogP contribution in [-0.2, 0) is 4.79 Å². The summed E-state index contributed by atoms with van der Waals surface area (Å²) in [5, 5.41) is 22.1. The van der Waals surface area contributed by atoms with Gasteiger partial charge in [-0.25, -0.2) is 0 Å². The van der Waals surface area contributed by atoms with Crippen molar-refractivity contribution in [3.63, 3.8) is 0 Å². The highest BCUT2D eigenvalue weighted by molar-refractivity contribution is 5.83. The molecule has 5 heteroatoms. The second-order valence-electron chi connectivity index (χ2n) is 5.44. The molecule has 1 saturated carbocycles. The summed E-state index contributed by atoms with van der Waals surface area (Å²) in [6.45, 7) is 1.94. The van der Waals surface area contributed by atoms with Crippen LogP contribution in [0.2, 0.25) is 0 Å². The normalized spacial score (nSPS) is 26.4. The van der Waals surface area contributed by atoms with Gasteiger partial charge in [-0.1, -0.05) is 0 Å². The van der Waals surface area contributed by atoms with Crippen molar-refractivity contribution in [2.75, 3.05) is 19.8 Å². The maximum atomic E-state index is 12.3. The molecule has 0 aromatic carbocycles. The highest BCUT2D eigenvalue weighted by atomic mass is 16.3. The molecule has 3 N–H and O–H groups in total. The standard InChI is InChI=1S/C12H22N2O3/c1-12(7-15,8-16)14-6-2-3-10(11(14)17)13-9-4-5-9/h9-10,13,15-16H,2-8H2,1H3. The molecule has 0 radical (unpaired) electrons. The number of nitrogens with zero attached hydrogens (tertiary/aromatic N) is 1. The van der Waals surface area contributed by atoms with E-state index in [1.807, 2.05) is 0 Å². The number of nitrogens with one attached hydrogen (secondary N) is 1. The number of aliphatic hydroxyl groups excluding tert-OH is 2. The van der Waals surface area contributed by atoms with Gasteiger partial charge in [0.2, 0.25) is 5.91 Å². The van der Waals surface area contributed by atoms with Crippen LogP contribution in [0.25, 0.3) is 0 Å². The van der Waals surface area contributed by atoms with Gasteiger partial charge in [0.1, 0.15) is 0 Å². The summed E-state index contributed by atoms with van der Waals surface area (Å²) in [4.78, 5) is 13.9. The van der Waals surface area contributed by atoms with Crippen LogP contribution in [0.15, 0.2) is 0 Å². The van der Waals surface area contributed by atoms with E-state index in [0.717, 1.165) is 25.7 Å². The summed E-state index contributed by atoms with van der Waals surface area (Å²) in [7, 11) is 0. The molecule has 1 aliphatic carbocycles. The summed E-state index contributed by atoms with van der Waals surface area (Å²) in [6, 6.07) is 0.368. The molecule has 2 aliphatic rings. The SMILES string of the molecule is CC(CO)(CO)N1CCCC(NC2CC2)C1=O. The molecule has 0 spiro atoms. The van der Waals surface area contributed by atoms with E-state index in [-0.39, 0.29) is 25.2 Å². The zero-order chi connectivity index (χ0) is 12.5. The molecule has 1 saturated heterocycles. The third kappa shape index (κ3) is 2.61. The number of hydrogen-bond acceptors (Lipinski definition) is 4. The van der Waals surface area contributed by atoms with Gasteiger partial charge in [-0.15, -0.1) is 0 Å². The molecule has 1 unspecified atom stereocenters. The maximum Gasteiger partial charge on any atom is 0.240 e. The molecule has 98 valence electrons. The fourth-order valence-electron chi connectivity index (χ4n) is 2.32. The lowest BCUT2D eigenvalue weighted by atomic mass is 9.95. The number of amides is 1. The van der Waals surface area contributed by atoms with Crippen molar-refractivity contribution in [3.8, 4) is 0 Å². The Morgan fingerprint density at radius 1 is 1.35 bits per heavy atom. The lowest BCUT2D eigenvalue weighted by Crippen LogP contribution is -2.62. The fourth-order valence-corrected chi connectivity index (χ4v) is 2.32. The molecule has 1 amide bonds. The summed E-state index contributed by atoms with van der Waals surface area (Å²) in [5.74, 6) is 0.0220. The Kier molecular flexibility index (Phi) is 3.70. The van der Waals surface area contributed by atoms with E-state index in [1.54, 1.807) is 11.8 Å². The highest BCUT2D eigenvalue weighted by Crippen LogP contribution is 2.25. The van der Waals surface area contributed by atoms with Crippen molar-refractivity contribution in [3.05, 3.63) is 0 Å².